The maximum Gasteiger partial charge on any atom is 0.419 e. The predicted octanol–water partition coefficient (Wildman–Crippen LogP) is 0.686. The molecule has 2 atom stereocenters. The fourth-order valence-corrected chi connectivity index (χ4v) is 3.99. The average Bonchev–Trinajstić information content (AvgIpc) is 3.17. The van der Waals surface area contributed by atoms with Crippen molar-refractivity contribution in [2.24, 2.45) is 7.05 Å². The number of amides is 1. The molecule has 4 rings (SSSR count). The Kier molecular flexibility index (Phi) is 4.34. The van der Waals surface area contributed by atoms with E-state index in [0.717, 1.165) is 12.8 Å². The molecule has 2 N–H and O–H groups in total. The van der Waals surface area contributed by atoms with Gasteiger partial charge in [-0.1, -0.05) is 0 Å². The molecule has 140 valence electrons. The molecule has 2 aliphatic heterocycles. The van der Waals surface area contributed by atoms with Crippen molar-refractivity contribution in [3.63, 3.8) is 0 Å². The second-order valence-electron chi connectivity index (χ2n) is 7.19. The van der Waals surface area contributed by atoms with E-state index in [4.69, 9.17) is 9.15 Å². The number of aryl methyl sites for hydroxylation is 1. The van der Waals surface area contributed by atoms with Crippen LogP contribution in [0, 0.1) is 0 Å². The van der Waals surface area contributed by atoms with Crippen molar-refractivity contribution in [3.05, 3.63) is 28.7 Å². The predicted molar refractivity (Wildman–Crippen MR) is 95.1 cm³/mol. The van der Waals surface area contributed by atoms with E-state index in [0.29, 0.717) is 42.9 Å². The Morgan fingerprint density at radius 1 is 1.46 bits per heavy atom. The Bertz CT molecular complexity index is 881. The van der Waals surface area contributed by atoms with E-state index >= 15 is 0 Å². The third kappa shape index (κ3) is 3.04. The zero-order valence-electron chi connectivity index (χ0n) is 14.7. The number of aliphatic hydroxyl groups is 1. The van der Waals surface area contributed by atoms with E-state index in [1.165, 1.54) is 4.57 Å². The van der Waals surface area contributed by atoms with Crippen LogP contribution in [-0.4, -0.2) is 58.4 Å². The molecule has 2 aliphatic rings. The summed E-state index contributed by atoms with van der Waals surface area (Å²) < 4.78 is 12.4. The number of likely N-dealkylation sites (tertiary alicyclic amines) is 1. The van der Waals surface area contributed by atoms with Gasteiger partial charge in [-0.3, -0.25) is 14.3 Å². The third-order valence-electron chi connectivity index (χ3n) is 5.39. The monoisotopic (exact) mass is 361 g/mol. The van der Waals surface area contributed by atoms with Gasteiger partial charge < -0.3 is 19.6 Å². The van der Waals surface area contributed by atoms with Crippen LogP contribution in [0.3, 0.4) is 0 Å². The van der Waals surface area contributed by atoms with Crippen molar-refractivity contribution in [1.82, 2.24) is 9.47 Å². The quantitative estimate of drug-likeness (QED) is 0.835. The van der Waals surface area contributed by atoms with Gasteiger partial charge in [0.15, 0.2) is 5.58 Å². The summed E-state index contributed by atoms with van der Waals surface area (Å²) in [7, 11) is 1.64. The van der Waals surface area contributed by atoms with Gasteiger partial charge in [-0.15, -0.1) is 0 Å². The Hall–Kier alpha value is -2.16. The molecular formula is C18H23N3O5. The fraction of sp³-hybridized carbons (Fsp3) is 0.556. The molecule has 2 aromatic rings. The number of piperidine rings is 1. The van der Waals surface area contributed by atoms with E-state index in [2.05, 4.69) is 5.32 Å². The highest BCUT2D eigenvalue weighted by atomic mass is 16.5. The lowest BCUT2D eigenvalue weighted by Gasteiger charge is -2.42. The summed E-state index contributed by atoms with van der Waals surface area (Å²) in [5.74, 6) is -0.579. The summed E-state index contributed by atoms with van der Waals surface area (Å²) in [5.41, 5.74) is 1.18. The number of carbonyl (C=O) groups is 1. The zero-order valence-corrected chi connectivity index (χ0v) is 14.7. The van der Waals surface area contributed by atoms with Crippen LogP contribution in [0.15, 0.2) is 27.4 Å². The van der Waals surface area contributed by atoms with E-state index in [-0.39, 0.29) is 12.5 Å². The van der Waals surface area contributed by atoms with Crippen molar-refractivity contribution in [1.29, 1.82) is 0 Å². The number of nitrogens with zero attached hydrogens (tertiary/aromatic N) is 2. The molecule has 0 saturated carbocycles. The summed E-state index contributed by atoms with van der Waals surface area (Å²) >= 11 is 0. The number of carbonyl (C=O) groups excluding carboxylic acids is 1. The van der Waals surface area contributed by atoms with E-state index in [1.54, 1.807) is 25.2 Å². The topological polar surface area (TPSA) is 96.9 Å². The summed E-state index contributed by atoms with van der Waals surface area (Å²) in [6.07, 6.45) is 1.91. The smallest absolute Gasteiger partial charge is 0.408 e. The van der Waals surface area contributed by atoms with E-state index < -0.39 is 17.5 Å². The maximum absolute atomic E-state index is 12.4. The first-order valence-corrected chi connectivity index (χ1v) is 8.91. The molecule has 2 fully saturated rings. The molecule has 0 unspecified atom stereocenters. The number of ether oxygens (including phenoxy) is 1. The van der Waals surface area contributed by atoms with Crippen molar-refractivity contribution in [2.45, 2.75) is 31.0 Å². The lowest BCUT2D eigenvalue weighted by molar-refractivity contribution is -0.137. The van der Waals surface area contributed by atoms with Crippen molar-refractivity contribution in [2.75, 3.05) is 31.6 Å². The molecule has 1 spiro atoms. The number of aromatic nitrogens is 1. The third-order valence-corrected chi connectivity index (χ3v) is 5.39. The molecule has 1 amide bonds. The van der Waals surface area contributed by atoms with Gasteiger partial charge in [-0.05, 0) is 31.4 Å². The minimum atomic E-state index is -0.523. The summed E-state index contributed by atoms with van der Waals surface area (Å²) in [4.78, 5) is 26.0. The lowest BCUT2D eigenvalue weighted by Crippen LogP contribution is -2.57. The number of hydrogen-bond acceptors (Lipinski definition) is 6. The SMILES string of the molecule is Cn1c(=O)oc2cc(NC(=O)CN3CC[C@H](O)[C@]4(CCCO4)C3)ccc21. The van der Waals surface area contributed by atoms with Gasteiger partial charge in [0.2, 0.25) is 5.91 Å². The van der Waals surface area contributed by atoms with Crippen molar-refractivity contribution < 1.29 is 19.1 Å². The van der Waals surface area contributed by atoms with Crippen molar-refractivity contribution in [3.8, 4) is 0 Å². The second-order valence-corrected chi connectivity index (χ2v) is 7.19. The van der Waals surface area contributed by atoms with Gasteiger partial charge in [-0.2, -0.15) is 0 Å². The molecule has 8 heteroatoms. The van der Waals surface area contributed by atoms with Crippen LogP contribution in [0.1, 0.15) is 19.3 Å². The molecular weight excluding hydrogens is 338 g/mol. The first-order valence-electron chi connectivity index (χ1n) is 8.91. The fourth-order valence-electron chi connectivity index (χ4n) is 3.99. The number of hydrogen-bond donors (Lipinski definition) is 2. The Balaban J connectivity index is 1.41. The summed E-state index contributed by atoms with van der Waals surface area (Å²) in [6.45, 7) is 2.12. The van der Waals surface area contributed by atoms with Crippen LogP contribution in [0.5, 0.6) is 0 Å². The highest BCUT2D eigenvalue weighted by Crippen LogP contribution is 2.34. The molecule has 1 aromatic carbocycles. The lowest BCUT2D eigenvalue weighted by atomic mass is 9.87. The van der Waals surface area contributed by atoms with Gasteiger partial charge in [0.1, 0.15) is 5.60 Å². The van der Waals surface area contributed by atoms with E-state index in [9.17, 15) is 14.7 Å². The number of nitrogens with one attached hydrogen (secondary N) is 1. The maximum atomic E-state index is 12.4. The average molecular weight is 361 g/mol. The van der Waals surface area contributed by atoms with Gasteiger partial charge >= 0.3 is 5.76 Å². The number of anilines is 1. The zero-order chi connectivity index (χ0) is 18.3. The van der Waals surface area contributed by atoms with Crippen LogP contribution in [0.25, 0.3) is 11.1 Å². The summed E-state index contributed by atoms with van der Waals surface area (Å²) in [5, 5.41) is 13.1. The van der Waals surface area contributed by atoms with Gasteiger partial charge in [-0.25, -0.2) is 4.79 Å². The molecule has 2 saturated heterocycles. The summed E-state index contributed by atoms with van der Waals surface area (Å²) in [6, 6.07) is 5.14. The minimum Gasteiger partial charge on any atom is -0.408 e. The molecule has 3 heterocycles. The number of fused-ring (bicyclic) bond motifs is 1. The normalized spacial score (nSPS) is 26.6. The molecule has 8 nitrogen and oxygen atoms in total. The molecule has 0 radical (unpaired) electrons. The Morgan fingerprint density at radius 2 is 2.31 bits per heavy atom. The van der Waals surface area contributed by atoms with Gasteiger partial charge in [0.05, 0.1) is 18.2 Å². The Morgan fingerprint density at radius 3 is 3.08 bits per heavy atom. The number of benzene rings is 1. The number of rotatable bonds is 3. The number of aliphatic hydroxyl groups excluding tert-OH is 1. The molecule has 0 bridgehead atoms. The highest BCUT2D eigenvalue weighted by molar-refractivity contribution is 5.94. The van der Waals surface area contributed by atoms with E-state index in [1.807, 2.05) is 4.90 Å². The van der Waals surface area contributed by atoms with Gasteiger partial charge in [0, 0.05) is 38.5 Å². The van der Waals surface area contributed by atoms with Crippen LogP contribution in [0.4, 0.5) is 5.69 Å². The largest absolute Gasteiger partial charge is 0.419 e. The number of oxazole rings is 1. The van der Waals surface area contributed by atoms with Crippen LogP contribution >= 0.6 is 0 Å². The van der Waals surface area contributed by atoms with Crippen LogP contribution < -0.4 is 11.1 Å². The molecule has 0 aliphatic carbocycles. The van der Waals surface area contributed by atoms with Gasteiger partial charge in [0.25, 0.3) is 0 Å². The second kappa shape index (κ2) is 6.53. The first-order chi connectivity index (χ1) is 12.5. The van der Waals surface area contributed by atoms with Crippen LogP contribution in [-0.2, 0) is 16.6 Å². The van der Waals surface area contributed by atoms with Crippen molar-refractivity contribution >= 4 is 22.7 Å². The first kappa shape index (κ1) is 17.3. The highest BCUT2D eigenvalue weighted by Gasteiger charge is 2.46. The van der Waals surface area contributed by atoms with Crippen LogP contribution in [0.2, 0.25) is 0 Å². The minimum absolute atomic E-state index is 0.146. The molecule has 1 aromatic heterocycles. The standard InChI is InChI=1S/C18H23N3O5/c1-20-13-4-3-12(9-14(13)26-17(20)24)19-16(23)10-21-7-5-15(22)18(11-21)6-2-8-25-18/h3-4,9,15,22H,2,5-8,10-11H2,1H3,(H,19,23)/t15-,18-/m0/s1. The molecule has 26 heavy (non-hydrogen) atoms. The Labute approximate surface area is 150 Å².